The lowest BCUT2D eigenvalue weighted by Crippen LogP contribution is -2.61. The Morgan fingerprint density at radius 1 is 0.250 bits per heavy atom. The Morgan fingerprint density at radius 3 is 1.05 bits per heavy atom. The molecule has 0 spiro atoms. The molecule has 0 unspecified atom stereocenters. The molecular formula is C84H49BN4O3. The highest BCUT2D eigenvalue weighted by Crippen LogP contribution is 2.56. The maximum atomic E-state index is 7.58. The number of furan rings is 3. The highest BCUT2D eigenvalue weighted by atomic mass is 16.3. The van der Waals surface area contributed by atoms with Gasteiger partial charge in [0.05, 0.1) is 39.1 Å². The Kier molecular flexibility index (Phi) is 10.1. The molecule has 2 aliphatic heterocycles. The molecule has 19 aromatic rings. The lowest BCUT2D eigenvalue weighted by molar-refractivity contribution is 0.666. The standard InChI is InChI=1S/C84H49BN4O3/c1-3-21-50(22-4-1)54-41-43-63-60-29-11-18-36-75(60)90-82(63)79(54)88-72-45-39-52(86-68-32-14-7-25-56(68)57-26-8-15-33-69(57)86)47-66(72)85-67-48-53(87-70-34-16-9-27-58(70)59-28-10-17-35-71(59)87)40-46-73(67)89(81-78(85)74(88)49-65-62-31-13-20-38-77(62)92-84(65)81)80-55(51-23-5-2-6-24-51)42-44-64-61-30-12-19-37-76(61)91-83(64)80/h1-49H. The van der Waals surface area contributed by atoms with Crippen molar-refractivity contribution in [3.63, 3.8) is 0 Å². The van der Waals surface area contributed by atoms with E-state index in [-0.39, 0.29) is 6.71 Å². The van der Waals surface area contributed by atoms with Gasteiger partial charge in [-0.15, -0.1) is 0 Å². The third kappa shape index (κ3) is 6.74. The zero-order chi connectivity index (χ0) is 59.9. The van der Waals surface area contributed by atoms with Gasteiger partial charge in [-0.3, -0.25) is 0 Å². The lowest BCUT2D eigenvalue weighted by atomic mass is 9.33. The molecule has 0 N–H and O–H groups in total. The molecule has 0 saturated carbocycles. The molecule has 7 nitrogen and oxygen atoms in total. The summed E-state index contributed by atoms with van der Waals surface area (Å²) in [5, 5.41) is 11.0. The number of hydrogen-bond acceptors (Lipinski definition) is 5. The van der Waals surface area contributed by atoms with Crippen LogP contribution in [0.2, 0.25) is 0 Å². The Bertz CT molecular complexity index is 6130. The van der Waals surface area contributed by atoms with Crippen molar-refractivity contribution in [1.82, 2.24) is 9.13 Å². The molecule has 0 bridgehead atoms. The Hall–Kier alpha value is -12.3. The van der Waals surface area contributed by atoms with Gasteiger partial charge in [-0.1, -0.05) is 200 Å². The average Bonchev–Trinajstić information content (AvgIpc) is 1.48. The predicted octanol–water partition coefficient (Wildman–Crippen LogP) is 21.0. The van der Waals surface area contributed by atoms with Crippen molar-refractivity contribution in [2.24, 2.45) is 0 Å². The first-order valence-electron chi connectivity index (χ1n) is 31.5. The molecule has 0 radical (unpaired) electrons. The van der Waals surface area contributed by atoms with Crippen LogP contribution in [0.1, 0.15) is 0 Å². The van der Waals surface area contributed by atoms with Crippen LogP contribution in [0.15, 0.2) is 311 Å². The van der Waals surface area contributed by atoms with Crippen LogP contribution >= 0.6 is 0 Å². The summed E-state index contributed by atoms with van der Waals surface area (Å²) in [5.41, 5.74) is 24.9. The van der Waals surface area contributed by atoms with Gasteiger partial charge < -0.3 is 32.2 Å². The largest absolute Gasteiger partial charge is 0.454 e. The maximum absolute atomic E-state index is 7.58. The molecule has 0 aliphatic carbocycles. The molecule has 7 heterocycles. The minimum absolute atomic E-state index is 0.388. The normalized spacial score (nSPS) is 12.9. The highest BCUT2D eigenvalue weighted by molar-refractivity contribution is 7.00. The van der Waals surface area contributed by atoms with Gasteiger partial charge in [0.1, 0.15) is 16.7 Å². The number of anilines is 6. The fourth-order valence-corrected chi connectivity index (χ4v) is 16.1. The van der Waals surface area contributed by atoms with Crippen LogP contribution in [0.25, 0.3) is 143 Å². The summed E-state index contributed by atoms with van der Waals surface area (Å²) in [6.07, 6.45) is 0. The number of nitrogens with zero attached hydrogens (tertiary/aromatic N) is 4. The molecule has 5 aromatic heterocycles. The van der Waals surface area contributed by atoms with E-state index >= 15 is 0 Å². The van der Waals surface area contributed by atoms with Crippen LogP contribution in [0.4, 0.5) is 34.1 Å². The number of hydrogen-bond donors (Lipinski definition) is 0. The molecular weight excluding hydrogens is 1120 g/mol. The van der Waals surface area contributed by atoms with Crippen molar-refractivity contribution < 1.29 is 13.3 Å². The van der Waals surface area contributed by atoms with Crippen LogP contribution in [-0.2, 0) is 0 Å². The molecule has 0 atom stereocenters. The predicted molar refractivity (Wildman–Crippen MR) is 382 cm³/mol. The van der Waals surface area contributed by atoms with Gasteiger partial charge in [0, 0.05) is 93.4 Å². The fraction of sp³-hybridized carbons (Fsp3) is 0. The second-order valence-corrected chi connectivity index (χ2v) is 24.6. The summed E-state index contributed by atoms with van der Waals surface area (Å²) < 4.78 is 27.3. The molecule has 0 fully saturated rings. The van der Waals surface area contributed by atoms with Crippen molar-refractivity contribution in [2.75, 3.05) is 9.80 Å². The SMILES string of the molecule is c1ccc(-c2ccc3c(oc4ccccc43)c2N2c3ccc(-n4c5ccccc5c5ccccc54)cc3B3c4cc(-n5c6ccccc6c6ccccc65)ccc4N(c4c(-c5ccccc5)ccc5c4oc4ccccc45)c4c3c2cc2c4oc3ccccc32)cc1. The minimum Gasteiger partial charge on any atom is -0.454 e. The van der Waals surface area contributed by atoms with Gasteiger partial charge in [-0.05, 0) is 125 Å². The summed E-state index contributed by atoms with van der Waals surface area (Å²) in [6, 6.07) is 108. The van der Waals surface area contributed by atoms with Crippen LogP contribution in [0, 0.1) is 0 Å². The molecule has 2 aliphatic rings. The van der Waals surface area contributed by atoms with E-state index in [4.69, 9.17) is 13.3 Å². The lowest BCUT2D eigenvalue weighted by Gasteiger charge is -2.44. The highest BCUT2D eigenvalue weighted by Gasteiger charge is 2.47. The molecule has 426 valence electrons. The topological polar surface area (TPSA) is 55.8 Å². The van der Waals surface area contributed by atoms with Gasteiger partial charge in [-0.2, -0.15) is 0 Å². The first kappa shape index (κ1) is 49.7. The van der Waals surface area contributed by atoms with E-state index in [2.05, 4.69) is 316 Å². The van der Waals surface area contributed by atoms with E-state index < -0.39 is 0 Å². The summed E-state index contributed by atoms with van der Waals surface area (Å²) >= 11 is 0. The van der Waals surface area contributed by atoms with Gasteiger partial charge in [0.25, 0.3) is 6.71 Å². The number of aromatic nitrogens is 2. The van der Waals surface area contributed by atoms with Gasteiger partial charge in [0.15, 0.2) is 16.7 Å². The minimum atomic E-state index is -0.388. The number of benzene rings is 14. The van der Waals surface area contributed by atoms with Crippen molar-refractivity contribution in [3.8, 4) is 33.6 Å². The van der Waals surface area contributed by atoms with E-state index in [0.29, 0.717) is 0 Å². The summed E-state index contributed by atoms with van der Waals surface area (Å²) in [5.74, 6) is 0. The second-order valence-electron chi connectivity index (χ2n) is 24.6. The first-order valence-corrected chi connectivity index (χ1v) is 31.5. The quantitative estimate of drug-likeness (QED) is 0.155. The molecule has 0 amide bonds. The third-order valence-corrected chi connectivity index (χ3v) is 19.9. The molecule has 92 heavy (non-hydrogen) atoms. The average molecular weight is 1170 g/mol. The van der Waals surface area contributed by atoms with Gasteiger partial charge in [0.2, 0.25) is 0 Å². The Morgan fingerprint density at radius 2 is 0.609 bits per heavy atom. The van der Waals surface area contributed by atoms with E-state index in [0.717, 1.165) is 172 Å². The number of para-hydroxylation sites is 7. The van der Waals surface area contributed by atoms with E-state index in [1.54, 1.807) is 0 Å². The fourth-order valence-electron chi connectivity index (χ4n) is 16.1. The zero-order valence-corrected chi connectivity index (χ0v) is 49.4. The summed E-state index contributed by atoms with van der Waals surface area (Å²) in [4.78, 5) is 5.08. The maximum Gasteiger partial charge on any atom is 0.252 e. The van der Waals surface area contributed by atoms with E-state index in [1.165, 1.54) is 21.5 Å². The molecule has 21 rings (SSSR count). The zero-order valence-electron chi connectivity index (χ0n) is 49.4. The van der Waals surface area contributed by atoms with Crippen molar-refractivity contribution in [2.45, 2.75) is 0 Å². The molecule has 14 aromatic carbocycles. The van der Waals surface area contributed by atoms with Crippen molar-refractivity contribution in [3.05, 3.63) is 297 Å². The monoisotopic (exact) mass is 1170 g/mol. The Balaban J connectivity index is 0.978. The first-order chi connectivity index (χ1) is 45.7. The molecule has 8 heteroatoms. The van der Waals surface area contributed by atoms with Gasteiger partial charge in [-0.25, -0.2) is 0 Å². The van der Waals surface area contributed by atoms with E-state index in [1.807, 2.05) is 0 Å². The number of fused-ring (bicyclic) bond motifs is 20. The molecule has 0 saturated heterocycles. The number of rotatable bonds is 6. The van der Waals surface area contributed by atoms with Gasteiger partial charge >= 0.3 is 0 Å². The third-order valence-electron chi connectivity index (χ3n) is 19.9. The summed E-state index contributed by atoms with van der Waals surface area (Å²) in [6.45, 7) is -0.388. The Labute approximate surface area is 526 Å². The van der Waals surface area contributed by atoms with Crippen LogP contribution < -0.4 is 26.2 Å². The summed E-state index contributed by atoms with van der Waals surface area (Å²) in [7, 11) is 0. The van der Waals surface area contributed by atoms with Crippen LogP contribution in [0.5, 0.6) is 0 Å². The van der Waals surface area contributed by atoms with Crippen LogP contribution in [-0.4, -0.2) is 15.8 Å². The van der Waals surface area contributed by atoms with Crippen LogP contribution in [0.3, 0.4) is 0 Å². The second kappa shape index (κ2) is 18.7. The van der Waals surface area contributed by atoms with Crippen molar-refractivity contribution in [1.29, 1.82) is 0 Å². The van der Waals surface area contributed by atoms with Crippen molar-refractivity contribution >= 4 is 167 Å². The smallest absolute Gasteiger partial charge is 0.252 e. The van der Waals surface area contributed by atoms with E-state index in [9.17, 15) is 0 Å².